The fourth-order valence-electron chi connectivity index (χ4n) is 2.96. The summed E-state index contributed by atoms with van der Waals surface area (Å²) in [5, 5.41) is 23.3. The van der Waals surface area contributed by atoms with Gasteiger partial charge in [0.15, 0.2) is 11.6 Å². The zero-order valence-corrected chi connectivity index (χ0v) is 14.5. The van der Waals surface area contributed by atoms with Gasteiger partial charge in [-0.2, -0.15) is 0 Å². The van der Waals surface area contributed by atoms with Crippen LogP contribution in [0.25, 0.3) is 21.9 Å². The lowest BCUT2D eigenvalue weighted by Gasteiger charge is -2.15. The van der Waals surface area contributed by atoms with E-state index >= 15 is 0 Å². The number of benzene rings is 2. The number of halogens is 1. The fraction of sp³-hybridized carbons (Fsp3) is 0.250. The number of aromatic nitrogens is 1. The maximum absolute atomic E-state index is 13.8. The van der Waals surface area contributed by atoms with E-state index in [4.69, 9.17) is 9.84 Å². The van der Waals surface area contributed by atoms with Gasteiger partial charge in [-0.05, 0) is 30.0 Å². The quantitative estimate of drug-likeness (QED) is 0.565. The zero-order chi connectivity index (χ0) is 18.5. The molecule has 0 atom stereocenters. The van der Waals surface area contributed by atoms with Gasteiger partial charge in [0.1, 0.15) is 5.82 Å². The molecule has 0 saturated heterocycles. The first kappa shape index (κ1) is 18.1. The van der Waals surface area contributed by atoms with E-state index in [1.54, 1.807) is 6.07 Å². The monoisotopic (exact) mass is 356 g/mol. The van der Waals surface area contributed by atoms with Crippen molar-refractivity contribution in [1.82, 2.24) is 4.98 Å². The molecule has 0 fully saturated rings. The molecular formula is C20H21FN2O3. The summed E-state index contributed by atoms with van der Waals surface area (Å²) in [5.41, 5.74) is 2.26. The van der Waals surface area contributed by atoms with Gasteiger partial charge in [-0.15, -0.1) is 0 Å². The van der Waals surface area contributed by atoms with E-state index in [0.717, 1.165) is 27.8 Å². The van der Waals surface area contributed by atoms with E-state index in [1.807, 2.05) is 31.2 Å². The Morgan fingerprint density at radius 1 is 1.12 bits per heavy atom. The lowest BCUT2D eigenvalue weighted by Crippen LogP contribution is -2.13. The number of rotatable bonds is 7. The molecule has 2 aromatic carbocycles. The molecule has 1 heterocycles. The fourth-order valence-corrected chi connectivity index (χ4v) is 2.96. The Morgan fingerprint density at radius 2 is 1.88 bits per heavy atom. The van der Waals surface area contributed by atoms with Crippen LogP contribution in [0.2, 0.25) is 0 Å². The Bertz CT molecular complexity index is 915. The van der Waals surface area contributed by atoms with E-state index in [1.165, 1.54) is 12.1 Å². The van der Waals surface area contributed by atoms with Crippen molar-refractivity contribution in [1.29, 1.82) is 0 Å². The van der Waals surface area contributed by atoms with Crippen LogP contribution in [0.4, 0.5) is 10.2 Å². The third-order valence-corrected chi connectivity index (χ3v) is 4.10. The first-order chi connectivity index (χ1) is 12.6. The van der Waals surface area contributed by atoms with Gasteiger partial charge >= 0.3 is 0 Å². The number of fused-ring (bicyclic) bond motifs is 1. The Balaban J connectivity index is 1.99. The van der Waals surface area contributed by atoms with Crippen LogP contribution < -0.4 is 5.32 Å². The second-order valence-corrected chi connectivity index (χ2v) is 5.90. The van der Waals surface area contributed by atoms with Gasteiger partial charge < -0.3 is 20.3 Å². The molecule has 26 heavy (non-hydrogen) atoms. The summed E-state index contributed by atoms with van der Waals surface area (Å²) in [5.74, 6) is -0.298. The molecule has 0 amide bonds. The molecular weight excluding hydrogens is 335 g/mol. The van der Waals surface area contributed by atoms with Crippen LogP contribution in [0.15, 0.2) is 42.5 Å². The molecule has 3 aromatic rings. The van der Waals surface area contributed by atoms with Gasteiger partial charge in [-0.25, -0.2) is 9.37 Å². The van der Waals surface area contributed by atoms with Crippen LogP contribution in [0.1, 0.15) is 5.69 Å². The number of aliphatic hydroxyl groups is 1. The van der Waals surface area contributed by atoms with Gasteiger partial charge in [0, 0.05) is 23.2 Å². The second kappa shape index (κ2) is 8.12. The Morgan fingerprint density at radius 3 is 2.62 bits per heavy atom. The highest BCUT2D eigenvalue weighted by atomic mass is 19.1. The predicted octanol–water partition coefficient (Wildman–Crippen LogP) is 3.48. The van der Waals surface area contributed by atoms with Gasteiger partial charge in [0.2, 0.25) is 0 Å². The van der Waals surface area contributed by atoms with Crippen molar-refractivity contribution in [3.63, 3.8) is 0 Å². The summed E-state index contributed by atoms with van der Waals surface area (Å²) in [6, 6.07) is 12.1. The number of ether oxygens (including phenoxy) is 1. The third-order valence-electron chi connectivity index (χ3n) is 4.10. The summed E-state index contributed by atoms with van der Waals surface area (Å²) in [6.07, 6.45) is 0. The summed E-state index contributed by atoms with van der Waals surface area (Å²) in [7, 11) is 0. The average Bonchev–Trinajstić information content (AvgIpc) is 2.64. The molecule has 0 spiro atoms. The normalized spacial score (nSPS) is 11.0. The SMILES string of the molecule is Cc1nc(NCCOCCO)c2ccccc2c1-c1ccc(O)c(F)c1. The van der Waals surface area contributed by atoms with Gasteiger partial charge in [-0.1, -0.05) is 30.3 Å². The van der Waals surface area contributed by atoms with Crippen LogP contribution >= 0.6 is 0 Å². The largest absolute Gasteiger partial charge is 0.505 e. The number of pyridine rings is 1. The van der Waals surface area contributed by atoms with Crippen molar-refractivity contribution in [2.24, 2.45) is 0 Å². The average molecular weight is 356 g/mol. The Hall–Kier alpha value is -2.70. The van der Waals surface area contributed by atoms with E-state index in [2.05, 4.69) is 10.3 Å². The van der Waals surface area contributed by atoms with E-state index in [9.17, 15) is 9.50 Å². The van der Waals surface area contributed by atoms with Gasteiger partial charge in [0.25, 0.3) is 0 Å². The summed E-state index contributed by atoms with van der Waals surface area (Å²) in [4.78, 5) is 4.65. The molecule has 0 saturated carbocycles. The Kier molecular flexibility index (Phi) is 5.65. The topological polar surface area (TPSA) is 74.6 Å². The minimum atomic E-state index is -0.658. The maximum Gasteiger partial charge on any atom is 0.165 e. The summed E-state index contributed by atoms with van der Waals surface area (Å²) in [6.45, 7) is 3.20. The molecule has 1 aromatic heterocycles. The molecule has 0 aliphatic rings. The summed E-state index contributed by atoms with van der Waals surface area (Å²) < 4.78 is 19.1. The van der Waals surface area contributed by atoms with Gasteiger partial charge in [-0.3, -0.25) is 0 Å². The summed E-state index contributed by atoms with van der Waals surface area (Å²) >= 11 is 0. The number of phenols is 1. The predicted molar refractivity (Wildman–Crippen MR) is 99.9 cm³/mol. The lowest BCUT2D eigenvalue weighted by atomic mass is 9.97. The smallest absolute Gasteiger partial charge is 0.165 e. The van der Waals surface area contributed by atoms with Crippen LogP contribution in [-0.4, -0.2) is 41.6 Å². The maximum atomic E-state index is 13.8. The molecule has 0 aliphatic heterocycles. The number of aromatic hydroxyl groups is 1. The number of hydrogen-bond donors (Lipinski definition) is 3. The molecule has 0 unspecified atom stereocenters. The van der Waals surface area contributed by atoms with Crippen LogP contribution in [0.5, 0.6) is 5.75 Å². The standard InChI is InChI=1S/C20H21FN2O3/c1-13-19(14-6-7-18(25)17(21)12-14)15-4-2-3-5-16(15)20(23-13)22-8-10-26-11-9-24/h2-7,12,24-25H,8-11H2,1H3,(H,22,23). The molecule has 5 nitrogen and oxygen atoms in total. The highest BCUT2D eigenvalue weighted by Gasteiger charge is 2.14. The van der Waals surface area contributed by atoms with E-state index in [0.29, 0.717) is 25.3 Å². The van der Waals surface area contributed by atoms with E-state index in [-0.39, 0.29) is 12.4 Å². The number of nitrogens with one attached hydrogen (secondary N) is 1. The van der Waals surface area contributed by atoms with Crippen molar-refractivity contribution in [3.05, 3.63) is 54.0 Å². The number of aryl methyl sites for hydroxylation is 1. The molecule has 6 heteroatoms. The van der Waals surface area contributed by atoms with Crippen molar-refractivity contribution in [2.45, 2.75) is 6.92 Å². The van der Waals surface area contributed by atoms with Crippen molar-refractivity contribution >= 4 is 16.6 Å². The molecule has 0 radical (unpaired) electrons. The molecule has 3 N–H and O–H groups in total. The first-order valence-electron chi connectivity index (χ1n) is 8.42. The van der Waals surface area contributed by atoms with Crippen LogP contribution in [0.3, 0.4) is 0 Å². The van der Waals surface area contributed by atoms with Gasteiger partial charge in [0.05, 0.1) is 19.8 Å². The molecule has 136 valence electrons. The minimum absolute atomic E-state index is 0.00181. The molecule has 3 rings (SSSR count). The third kappa shape index (κ3) is 3.76. The second-order valence-electron chi connectivity index (χ2n) is 5.90. The minimum Gasteiger partial charge on any atom is -0.505 e. The number of nitrogens with zero attached hydrogens (tertiary/aromatic N) is 1. The van der Waals surface area contributed by atoms with Crippen molar-refractivity contribution in [3.8, 4) is 16.9 Å². The van der Waals surface area contributed by atoms with Crippen LogP contribution in [-0.2, 0) is 4.74 Å². The molecule has 0 bridgehead atoms. The number of anilines is 1. The number of phenolic OH excluding ortho intramolecular Hbond substituents is 1. The van der Waals surface area contributed by atoms with Crippen molar-refractivity contribution < 1.29 is 19.3 Å². The number of aliphatic hydroxyl groups excluding tert-OH is 1. The zero-order valence-electron chi connectivity index (χ0n) is 14.5. The van der Waals surface area contributed by atoms with Crippen LogP contribution in [0, 0.1) is 12.7 Å². The number of hydrogen-bond acceptors (Lipinski definition) is 5. The Labute approximate surface area is 151 Å². The first-order valence-corrected chi connectivity index (χ1v) is 8.42. The van der Waals surface area contributed by atoms with Crippen molar-refractivity contribution in [2.75, 3.05) is 31.7 Å². The highest BCUT2D eigenvalue weighted by Crippen LogP contribution is 2.35. The van der Waals surface area contributed by atoms with E-state index < -0.39 is 5.82 Å². The lowest BCUT2D eigenvalue weighted by molar-refractivity contribution is 0.0992. The molecule has 0 aliphatic carbocycles. The highest BCUT2D eigenvalue weighted by molar-refractivity contribution is 6.03.